The van der Waals surface area contributed by atoms with Crippen molar-refractivity contribution < 1.29 is 4.39 Å². The Morgan fingerprint density at radius 1 is 1.30 bits per heavy atom. The first-order valence-corrected chi connectivity index (χ1v) is 6.87. The largest absolute Gasteiger partial charge is 0.384 e. The second-order valence-electron chi connectivity index (χ2n) is 4.52. The molecule has 0 aliphatic carbocycles. The lowest BCUT2D eigenvalue weighted by atomic mass is 10.1. The topological polar surface area (TPSA) is 53.1 Å². The molecule has 0 atom stereocenters. The molecule has 0 aliphatic heterocycles. The van der Waals surface area contributed by atoms with Crippen molar-refractivity contribution in [1.29, 1.82) is 5.41 Å². The third-order valence-corrected chi connectivity index (χ3v) is 3.77. The summed E-state index contributed by atoms with van der Waals surface area (Å²) in [5, 5.41) is 7.61. The van der Waals surface area contributed by atoms with Gasteiger partial charge in [0.2, 0.25) is 0 Å². The van der Waals surface area contributed by atoms with Crippen LogP contribution in [0.5, 0.6) is 0 Å². The fraction of sp³-hybridized carbons (Fsp3) is 0.133. The molecule has 3 N–H and O–H groups in total. The molecule has 0 saturated carbocycles. The third kappa shape index (κ3) is 3.17. The summed E-state index contributed by atoms with van der Waals surface area (Å²) in [4.78, 5) is 1.98. The first kappa shape index (κ1) is 14.5. The second kappa shape index (κ2) is 6.05. The van der Waals surface area contributed by atoms with Crippen LogP contribution in [-0.4, -0.2) is 12.9 Å². The molecule has 0 heterocycles. The fourth-order valence-electron chi connectivity index (χ4n) is 2.02. The van der Waals surface area contributed by atoms with E-state index in [2.05, 4.69) is 15.9 Å². The molecule has 0 amide bonds. The molecular weight excluding hydrogens is 321 g/mol. The van der Waals surface area contributed by atoms with Crippen molar-refractivity contribution in [1.82, 2.24) is 0 Å². The van der Waals surface area contributed by atoms with Crippen molar-refractivity contribution in [2.24, 2.45) is 5.73 Å². The standard InChI is InChI=1S/C15H15BrFN3/c1-20(9-10-6-7-11(17)8-13(10)16)14-5-3-2-4-12(14)15(18)19/h2-8H,9H2,1H3,(H3,18,19). The number of benzene rings is 2. The van der Waals surface area contributed by atoms with Crippen LogP contribution >= 0.6 is 15.9 Å². The molecular formula is C15H15BrFN3. The number of nitrogen functional groups attached to an aromatic ring is 1. The number of nitrogens with one attached hydrogen (secondary N) is 1. The highest BCUT2D eigenvalue weighted by molar-refractivity contribution is 9.10. The van der Waals surface area contributed by atoms with Gasteiger partial charge in [0.05, 0.1) is 0 Å². The summed E-state index contributed by atoms with van der Waals surface area (Å²) in [6.45, 7) is 0.588. The van der Waals surface area contributed by atoms with Crippen molar-refractivity contribution in [3.8, 4) is 0 Å². The van der Waals surface area contributed by atoms with Crippen LogP contribution < -0.4 is 10.6 Å². The smallest absolute Gasteiger partial charge is 0.124 e. The summed E-state index contributed by atoms with van der Waals surface area (Å²) >= 11 is 3.36. The van der Waals surface area contributed by atoms with Crippen LogP contribution in [0.2, 0.25) is 0 Å². The van der Waals surface area contributed by atoms with E-state index in [1.807, 2.05) is 36.2 Å². The van der Waals surface area contributed by atoms with Gasteiger partial charge in [0.25, 0.3) is 0 Å². The molecule has 2 rings (SSSR count). The zero-order chi connectivity index (χ0) is 14.7. The van der Waals surface area contributed by atoms with Crippen molar-refractivity contribution >= 4 is 27.5 Å². The van der Waals surface area contributed by atoms with Gasteiger partial charge in [0.15, 0.2) is 0 Å². The van der Waals surface area contributed by atoms with Crippen LogP contribution in [-0.2, 0) is 6.54 Å². The van der Waals surface area contributed by atoms with Crippen molar-refractivity contribution in [3.05, 3.63) is 63.9 Å². The number of anilines is 1. The molecule has 2 aromatic rings. The van der Waals surface area contributed by atoms with Crippen molar-refractivity contribution in [2.45, 2.75) is 6.54 Å². The quantitative estimate of drug-likeness (QED) is 0.663. The minimum absolute atomic E-state index is 0.0330. The predicted octanol–water partition coefficient (Wildman–Crippen LogP) is 3.51. The van der Waals surface area contributed by atoms with E-state index in [-0.39, 0.29) is 11.7 Å². The summed E-state index contributed by atoms with van der Waals surface area (Å²) in [5.41, 5.74) is 8.12. The number of hydrogen-bond donors (Lipinski definition) is 2. The first-order valence-electron chi connectivity index (χ1n) is 6.07. The third-order valence-electron chi connectivity index (χ3n) is 3.03. The molecule has 0 bridgehead atoms. The summed E-state index contributed by atoms with van der Waals surface area (Å²) < 4.78 is 13.8. The molecule has 0 radical (unpaired) electrons. The van der Waals surface area contributed by atoms with Gasteiger partial charge >= 0.3 is 0 Å². The van der Waals surface area contributed by atoms with Gasteiger partial charge in [-0.1, -0.05) is 34.1 Å². The number of hydrogen-bond acceptors (Lipinski definition) is 2. The van der Waals surface area contributed by atoms with Crippen LogP contribution in [0.3, 0.4) is 0 Å². The molecule has 5 heteroatoms. The molecule has 2 aromatic carbocycles. The Balaban J connectivity index is 2.28. The number of nitrogens with zero attached hydrogens (tertiary/aromatic N) is 1. The normalized spacial score (nSPS) is 10.3. The van der Waals surface area contributed by atoms with Crippen LogP contribution in [0, 0.1) is 11.2 Å². The molecule has 0 unspecified atom stereocenters. The zero-order valence-electron chi connectivity index (χ0n) is 11.0. The molecule has 20 heavy (non-hydrogen) atoms. The van der Waals surface area contributed by atoms with Gasteiger partial charge in [0.1, 0.15) is 11.7 Å². The van der Waals surface area contributed by atoms with Crippen LogP contribution in [0.1, 0.15) is 11.1 Å². The summed E-state index contributed by atoms with van der Waals surface area (Å²) in [7, 11) is 1.91. The van der Waals surface area contributed by atoms with Crippen LogP contribution in [0.15, 0.2) is 46.9 Å². The molecule has 0 aromatic heterocycles. The zero-order valence-corrected chi connectivity index (χ0v) is 12.6. The lowest BCUT2D eigenvalue weighted by molar-refractivity contribution is 0.625. The Labute approximate surface area is 125 Å². The number of nitrogens with two attached hydrogens (primary N) is 1. The molecule has 0 aliphatic rings. The van der Waals surface area contributed by atoms with E-state index in [1.54, 1.807) is 6.07 Å². The lowest BCUT2D eigenvalue weighted by Crippen LogP contribution is -2.22. The molecule has 0 fully saturated rings. The Hall–Kier alpha value is -1.88. The molecule has 0 saturated heterocycles. The van der Waals surface area contributed by atoms with Crippen LogP contribution in [0.25, 0.3) is 0 Å². The van der Waals surface area contributed by atoms with Crippen LogP contribution in [0.4, 0.5) is 10.1 Å². The van der Waals surface area contributed by atoms with E-state index >= 15 is 0 Å². The van der Waals surface area contributed by atoms with E-state index < -0.39 is 0 Å². The second-order valence-corrected chi connectivity index (χ2v) is 5.38. The maximum atomic E-state index is 13.1. The Morgan fingerprint density at radius 2 is 2.00 bits per heavy atom. The summed E-state index contributed by atoms with van der Waals surface area (Å²) in [6, 6.07) is 12.1. The molecule has 0 spiro atoms. The highest BCUT2D eigenvalue weighted by atomic mass is 79.9. The van der Waals surface area contributed by atoms with Gasteiger partial charge in [0, 0.05) is 29.3 Å². The average molecular weight is 336 g/mol. The maximum absolute atomic E-state index is 13.1. The number of para-hydroxylation sites is 1. The maximum Gasteiger partial charge on any atom is 0.124 e. The van der Waals surface area contributed by atoms with Crippen molar-refractivity contribution in [2.75, 3.05) is 11.9 Å². The number of halogens is 2. The Morgan fingerprint density at radius 3 is 2.65 bits per heavy atom. The number of amidine groups is 1. The van der Waals surface area contributed by atoms with Gasteiger partial charge in [-0.3, -0.25) is 5.41 Å². The minimum atomic E-state index is -0.271. The van der Waals surface area contributed by atoms with Gasteiger partial charge in [-0.2, -0.15) is 0 Å². The van der Waals surface area contributed by atoms with E-state index in [0.717, 1.165) is 15.7 Å². The first-order chi connectivity index (χ1) is 9.49. The van der Waals surface area contributed by atoms with E-state index in [4.69, 9.17) is 11.1 Å². The highest BCUT2D eigenvalue weighted by Gasteiger charge is 2.11. The lowest BCUT2D eigenvalue weighted by Gasteiger charge is -2.22. The minimum Gasteiger partial charge on any atom is -0.384 e. The molecule has 3 nitrogen and oxygen atoms in total. The van der Waals surface area contributed by atoms with Gasteiger partial charge in [-0.25, -0.2) is 4.39 Å². The van der Waals surface area contributed by atoms with Gasteiger partial charge < -0.3 is 10.6 Å². The number of rotatable bonds is 4. The monoisotopic (exact) mass is 335 g/mol. The summed E-state index contributed by atoms with van der Waals surface area (Å²) in [6.07, 6.45) is 0. The Kier molecular flexibility index (Phi) is 4.39. The van der Waals surface area contributed by atoms with E-state index in [0.29, 0.717) is 12.1 Å². The predicted molar refractivity (Wildman–Crippen MR) is 83.7 cm³/mol. The van der Waals surface area contributed by atoms with Crippen molar-refractivity contribution in [3.63, 3.8) is 0 Å². The fourth-order valence-corrected chi connectivity index (χ4v) is 2.50. The summed E-state index contributed by atoms with van der Waals surface area (Å²) in [5.74, 6) is -0.238. The highest BCUT2D eigenvalue weighted by Crippen LogP contribution is 2.24. The average Bonchev–Trinajstić information content (AvgIpc) is 2.41. The SMILES string of the molecule is CN(Cc1ccc(F)cc1Br)c1ccccc1C(=N)N. The van der Waals surface area contributed by atoms with E-state index in [9.17, 15) is 4.39 Å². The van der Waals surface area contributed by atoms with E-state index in [1.165, 1.54) is 12.1 Å². The Bertz CT molecular complexity index is 643. The molecule has 104 valence electrons. The van der Waals surface area contributed by atoms with Gasteiger partial charge in [-0.05, 0) is 29.8 Å². The van der Waals surface area contributed by atoms with Gasteiger partial charge in [-0.15, -0.1) is 0 Å².